The van der Waals surface area contributed by atoms with Crippen LogP contribution in [0.2, 0.25) is 0 Å². The fraction of sp³-hybridized carbons (Fsp3) is 0.200. The molecule has 0 spiro atoms. The summed E-state index contributed by atoms with van der Waals surface area (Å²) in [6.45, 7) is 2.12. The van der Waals surface area contributed by atoms with Gasteiger partial charge >= 0.3 is 0 Å². The molecule has 0 saturated carbocycles. The van der Waals surface area contributed by atoms with E-state index in [9.17, 15) is 0 Å². The van der Waals surface area contributed by atoms with Crippen LogP contribution >= 0.6 is 24.0 Å². The molecule has 2 rings (SSSR count). The Morgan fingerprint density at radius 3 is 2.92 bits per heavy atom. The molecule has 0 bridgehead atoms. The molecule has 1 nitrogen and oxygen atoms in total. The highest BCUT2D eigenvalue weighted by atomic mass is 32.1. The molecule has 0 amide bonds. The number of thiophene rings is 1. The molecule has 0 saturated heterocycles. The molecule has 68 valence electrons. The van der Waals surface area contributed by atoms with Gasteiger partial charge in [0, 0.05) is 20.4 Å². The summed E-state index contributed by atoms with van der Waals surface area (Å²) in [5.74, 6) is 0. The average molecular weight is 210 g/mol. The van der Waals surface area contributed by atoms with Crippen LogP contribution in [-0.2, 0) is 6.61 Å². The maximum Gasteiger partial charge on any atom is 0.0684 e. The summed E-state index contributed by atoms with van der Waals surface area (Å²) in [6.07, 6.45) is 0. The molecule has 1 aromatic heterocycles. The van der Waals surface area contributed by atoms with E-state index in [4.69, 9.17) is 5.11 Å². The van der Waals surface area contributed by atoms with Crippen molar-refractivity contribution >= 4 is 34.1 Å². The summed E-state index contributed by atoms with van der Waals surface area (Å²) in [7, 11) is 0. The van der Waals surface area contributed by atoms with Crippen molar-refractivity contribution in [3.8, 4) is 0 Å². The summed E-state index contributed by atoms with van der Waals surface area (Å²) in [5, 5.41) is 12.2. The van der Waals surface area contributed by atoms with Gasteiger partial charge in [-0.15, -0.1) is 24.0 Å². The van der Waals surface area contributed by atoms with Crippen LogP contribution in [0, 0.1) is 6.92 Å². The van der Waals surface area contributed by atoms with Crippen molar-refractivity contribution in [3.63, 3.8) is 0 Å². The summed E-state index contributed by atoms with van der Waals surface area (Å²) in [5.41, 5.74) is 2.13. The highest BCUT2D eigenvalue weighted by Crippen LogP contribution is 2.30. The fourth-order valence-corrected chi connectivity index (χ4v) is 2.70. The summed E-state index contributed by atoms with van der Waals surface area (Å²) < 4.78 is 1.24. The maximum absolute atomic E-state index is 9.08. The first-order chi connectivity index (χ1) is 6.22. The molecule has 1 heterocycles. The average Bonchev–Trinajstić information content (AvgIpc) is 2.46. The van der Waals surface area contributed by atoms with Crippen molar-refractivity contribution in [2.24, 2.45) is 0 Å². The molecule has 0 aliphatic rings. The van der Waals surface area contributed by atoms with Crippen LogP contribution in [0.5, 0.6) is 0 Å². The maximum atomic E-state index is 9.08. The van der Waals surface area contributed by atoms with Crippen molar-refractivity contribution in [2.75, 3.05) is 0 Å². The van der Waals surface area contributed by atoms with Gasteiger partial charge in [-0.25, -0.2) is 0 Å². The van der Waals surface area contributed by atoms with Gasteiger partial charge in [-0.3, -0.25) is 0 Å². The van der Waals surface area contributed by atoms with Gasteiger partial charge in [0.05, 0.1) is 6.61 Å². The third-order valence-electron chi connectivity index (χ3n) is 2.18. The van der Waals surface area contributed by atoms with Crippen LogP contribution in [0.25, 0.3) is 10.1 Å². The summed E-state index contributed by atoms with van der Waals surface area (Å²) in [6, 6.07) is 4.12. The molecule has 0 aliphatic carbocycles. The van der Waals surface area contributed by atoms with Gasteiger partial charge in [-0.2, -0.15) is 0 Å². The number of thiol groups is 1. The van der Waals surface area contributed by atoms with Gasteiger partial charge in [0.15, 0.2) is 0 Å². The van der Waals surface area contributed by atoms with E-state index in [-0.39, 0.29) is 6.61 Å². The number of hydrogen-bond acceptors (Lipinski definition) is 3. The predicted octanol–water partition coefficient (Wildman–Crippen LogP) is 2.99. The lowest BCUT2D eigenvalue weighted by atomic mass is 10.1. The molecule has 0 atom stereocenters. The quantitative estimate of drug-likeness (QED) is 0.693. The van der Waals surface area contributed by atoms with Gasteiger partial charge in [0.1, 0.15) is 0 Å². The number of aryl methyl sites for hydroxylation is 1. The molecule has 0 fully saturated rings. The Bertz CT molecular complexity index is 445. The zero-order valence-electron chi connectivity index (χ0n) is 7.24. The smallest absolute Gasteiger partial charge is 0.0684 e. The van der Waals surface area contributed by atoms with Gasteiger partial charge in [0.2, 0.25) is 0 Å². The number of hydrogen-bond donors (Lipinski definition) is 2. The molecule has 2 aromatic rings. The van der Waals surface area contributed by atoms with Crippen LogP contribution in [0.3, 0.4) is 0 Å². The third-order valence-corrected chi connectivity index (χ3v) is 3.67. The van der Waals surface area contributed by atoms with E-state index >= 15 is 0 Å². The summed E-state index contributed by atoms with van der Waals surface area (Å²) in [4.78, 5) is 0.995. The number of aliphatic hydroxyl groups excluding tert-OH is 1. The lowest BCUT2D eigenvalue weighted by Gasteiger charge is -2.02. The second-order valence-electron chi connectivity index (χ2n) is 3.05. The Balaban J connectivity index is 2.77. The minimum Gasteiger partial charge on any atom is -0.392 e. The Hall–Kier alpha value is -0.510. The van der Waals surface area contributed by atoms with Gasteiger partial charge in [-0.05, 0) is 30.2 Å². The molecule has 0 unspecified atom stereocenters. The first-order valence-corrected chi connectivity index (χ1v) is 5.35. The molecular formula is C10H10OS2. The zero-order valence-corrected chi connectivity index (χ0v) is 8.95. The molecule has 3 heteroatoms. The second-order valence-corrected chi connectivity index (χ2v) is 4.45. The number of benzene rings is 1. The monoisotopic (exact) mass is 210 g/mol. The fourth-order valence-electron chi connectivity index (χ4n) is 1.38. The second kappa shape index (κ2) is 3.33. The van der Waals surface area contributed by atoms with Crippen LogP contribution in [-0.4, -0.2) is 5.11 Å². The van der Waals surface area contributed by atoms with Gasteiger partial charge in [-0.1, -0.05) is 0 Å². The normalized spacial score (nSPS) is 11.0. The Morgan fingerprint density at radius 1 is 1.46 bits per heavy atom. The van der Waals surface area contributed by atoms with Crippen molar-refractivity contribution in [2.45, 2.75) is 18.4 Å². The zero-order chi connectivity index (χ0) is 9.42. The molecular weight excluding hydrogens is 200 g/mol. The van der Waals surface area contributed by atoms with Crippen molar-refractivity contribution in [1.82, 2.24) is 0 Å². The molecule has 13 heavy (non-hydrogen) atoms. The highest BCUT2D eigenvalue weighted by molar-refractivity contribution is 7.80. The predicted molar refractivity (Wildman–Crippen MR) is 59.7 cm³/mol. The lowest BCUT2D eigenvalue weighted by molar-refractivity contribution is 0.281. The first kappa shape index (κ1) is 9.06. The van der Waals surface area contributed by atoms with Crippen molar-refractivity contribution in [3.05, 3.63) is 28.6 Å². The number of rotatable bonds is 1. The van der Waals surface area contributed by atoms with E-state index in [1.165, 1.54) is 4.70 Å². The molecule has 1 aromatic carbocycles. The van der Waals surface area contributed by atoms with E-state index in [1.807, 2.05) is 18.4 Å². The topological polar surface area (TPSA) is 20.2 Å². The molecule has 1 N–H and O–H groups in total. The first-order valence-electron chi connectivity index (χ1n) is 4.03. The molecule has 0 aliphatic heterocycles. The minimum atomic E-state index is 0.102. The van der Waals surface area contributed by atoms with Crippen LogP contribution < -0.4 is 0 Å². The largest absolute Gasteiger partial charge is 0.392 e. The number of aliphatic hydroxyl groups is 1. The van der Waals surface area contributed by atoms with Crippen LogP contribution in [0.4, 0.5) is 0 Å². The van der Waals surface area contributed by atoms with E-state index in [0.29, 0.717) is 0 Å². The molecule has 0 radical (unpaired) electrons. The highest BCUT2D eigenvalue weighted by Gasteiger charge is 2.04. The van der Waals surface area contributed by atoms with E-state index in [0.717, 1.165) is 21.4 Å². The van der Waals surface area contributed by atoms with Crippen molar-refractivity contribution in [1.29, 1.82) is 0 Å². The van der Waals surface area contributed by atoms with Gasteiger partial charge in [0.25, 0.3) is 0 Å². The van der Waals surface area contributed by atoms with Gasteiger partial charge < -0.3 is 5.11 Å². The SMILES string of the molecule is Cc1cc2scc(S)c2cc1CO. The minimum absolute atomic E-state index is 0.102. The van der Waals surface area contributed by atoms with Crippen LogP contribution in [0.1, 0.15) is 11.1 Å². The van der Waals surface area contributed by atoms with Crippen molar-refractivity contribution < 1.29 is 5.11 Å². The Morgan fingerprint density at radius 2 is 2.23 bits per heavy atom. The Labute approximate surface area is 86.4 Å². The number of fused-ring (bicyclic) bond motifs is 1. The summed E-state index contributed by atoms with van der Waals surface area (Å²) >= 11 is 6.04. The Kier molecular flexibility index (Phi) is 2.32. The van der Waals surface area contributed by atoms with E-state index in [1.54, 1.807) is 11.3 Å². The lowest BCUT2D eigenvalue weighted by Crippen LogP contribution is -1.87. The standard InChI is InChI=1S/C10H10OS2/c1-6-2-10-8(3-7(6)4-11)9(12)5-13-10/h2-3,5,11-12H,4H2,1H3. The van der Waals surface area contributed by atoms with E-state index in [2.05, 4.69) is 18.7 Å². The van der Waals surface area contributed by atoms with E-state index < -0.39 is 0 Å². The van der Waals surface area contributed by atoms with Crippen LogP contribution in [0.15, 0.2) is 22.4 Å². The third kappa shape index (κ3) is 1.47.